The second-order valence-electron chi connectivity index (χ2n) is 24.6. The van der Waals surface area contributed by atoms with Crippen molar-refractivity contribution in [3.8, 4) is 0 Å². The summed E-state index contributed by atoms with van der Waals surface area (Å²) in [6, 6.07) is 8.28. The molecule has 1 aliphatic heterocycles. The van der Waals surface area contributed by atoms with Crippen LogP contribution in [0.3, 0.4) is 0 Å². The molecule has 0 amide bonds. The van der Waals surface area contributed by atoms with Gasteiger partial charge in [0.25, 0.3) is 0 Å². The molecule has 11 heteroatoms. The van der Waals surface area contributed by atoms with E-state index in [0.717, 1.165) is 36.8 Å². The number of ether oxygens (including phenoxy) is 9. The third-order valence-electron chi connectivity index (χ3n) is 15.2. The molecule has 1 aliphatic rings. The summed E-state index contributed by atoms with van der Waals surface area (Å²) in [5.74, 6) is 0. The van der Waals surface area contributed by atoms with Crippen LogP contribution in [0.2, 0.25) is 36.3 Å². The summed E-state index contributed by atoms with van der Waals surface area (Å²) in [4.78, 5) is 0. The summed E-state index contributed by atoms with van der Waals surface area (Å²) >= 11 is 0. The third-order valence-corrected chi connectivity index (χ3v) is 29.0. The number of benzene rings is 1. The summed E-state index contributed by atoms with van der Waals surface area (Å²) in [5.41, 5.74) is 0.621. The van der Waals surface area contributed by atoms with Crippen LogP contribution in [0.15, 0.2) is 24.3 Å². The Bertz CT molecular complexity index is 1390. The largest absolute Gasteiger partial charge is 0.379 e. The summed E-state index contributed by atoms with van der Waals surface area (Å²) in [5, 5.41) is 0.131. The standard InChI is InChI=1S/C51H98O9Si2/c1-44(2,3)61(19,20)50(15,16)56-33-29-48(11,12)59-38-42(39-60-49(13,14)30-34-57-51(17,18)62(21,22)45(4,5)6)52-31-27-46(7,8)55-32-28-47(9,10)58-37-40-23-25-41(26-24-40)43-53-35-36-54-43/h23-26,42-43H,27-39H2,1-22H3. The molecule has 0 spiro atoms. The zero-order valence-corrected chi connectivity index (χ0v) is 46.3. The van der Waals surface area contributed by atoms with Crippen LogP contribution in [0.4, 0.5) is 0 Å². The molecule has 62 heavy (non-hydrogen) atoms. The van der Waals surface area contributed by atoms with Gasteiger partial charge in [0.2, 0.25) is 0 Å². The molecule has 9 nitrogen and oxygen atoms in total. The van der Waals surface area contributed by atoms with Gasteiger partial charge >= 0.3 is 0 Å². The molecule has 1 heterocycles. The van der Waals surface area contributed by atoms with Crippen LogP contribution < -0.4 is 0 Å². The van der Waals surface area contributed by atoms with Crippen LogP contribution in [0.25, 0.3) is 0 Å². The molecule has 1 aromatic carbocycles. The van der Waals surface area contributed by atoms with Gasteiger partial charge in [-0.05, 0) is 124 Å². The Morgan fingerprint density at radius 2 is 0.839 bits per heavy atom. The number of hydrogen-bond donors (Lipinski definition) is 0. The molecule has 1 fully saturated rings. The van der Waals surface area contributed by atoms with Crippen LogP contribution in [0.5, 0.6) is 0 Å². The van der Waals surface area contributed by atoms with Crippen molar-refractivity contribution in [1.82, 2.24) is 0 Å². The topological polar surface area (TPSA) is 83.1 Å². The monoisotopic (exact) mass is 911 g/mol. The van der Waals surface area contributed by atoms with E-state index in [2.05, 4.69) is 175 Å². The lowest BCUT2D eigenvalue weighted by atomic mass is 10.0. The number of rotatable bonds is 28. The molecule has 2 rings (SSSR count). The van der Waals surface area contributed by atoms with E-state index in [4.69, 9.17) is 42.6 Å². The zero-order chi connectivity index (χ0) is 47.7. The minimum atomic E-state index is -1.73. The first-order valence-electron chi connectivity index (χ1n) is 23.7. The summed E-state index contributed by atoms with van der Waals surface area (Å²) in [7, 11) is -3.47. The maximum Gasteiger partial charge on any atom is 0.184 e. The van der Waals surface area contributed by atoms with E-state index in [9.17, 15) is 0 Å². The first-order valence-corrected chi connectivity index (χ1v) is 29.7. The van der Waals surface area contributed by atoms with Crippen molar-refractivity contribution in [2.24, 2.45) is 0 Å². The van der Waals surface area contributed by atoms with Crippen molar-refractivity contribution >= 4 is 16.1 Å². The van der Waals surface area contributed by atoms with Gasteiger partial charge in [-0.2, -0.15) is 0 Å². The lowest BCUT2D eigenvalue weighted by Crippen LogP contribution is -2.58. The maximum absolute atomic E-state index is 6.65. The Labute approximate surface area is 384 Å². The lowest BCUT2D eigenvalue weighted by molar-refractivity contribution is -0.144. The number of hydrogen-bond acceptors (Lipinski definition) is 9. The quantitative estimate of drug-likeness (QED) is 0.0763. The van der Waals surface area contributed by atoms with E-state index in [1.54, 1.807) is 0 Å². The molecule has 0 saturated carbocycles. The fourth-order valence-electron chi connectivity index (χ4n) is 6.99. The second-order valence-corrected chi connectivity index (χ2v) is 36.5. The van der Waals surface area contributed by atoms with Gasteiger partial charge < -0.3 is 42.6 Å². The summed E-state index contributed by atoms with van der Waals surface area (Å²) in [6.07, 6.45) is 2.54. The van der Waals surface area contributed by atoms with E-state index < -0.39 is 27.3 Å². The second kappa shape index (κ2) is 22.4. The molecule has 0 aliphatic carbocycles. The Morgan fingerprint density at radius 1 is 0.484 bits per heavy atom. The molecular formula is C51H98O9Si2. The predicted octanol–water partition coefficient (Wildman–Crippen LogP) is 13.0. The van der Waals surface area contributed by atoms with Gasteiger partial charge in [0.1, 0.15) is 6.10 Å². The minimum Gasteiger partial charge on any atom is -0.379 e. The van der Waals surface area contributed by atoms with Crippen molar-refractivity contribution in [2.75, 3.05) is 52.9 Å². The van der Waals surface area contributed by atoms with E-state index in [-0.39, 0.29) is 44.1 Å². The molecule has 0 N–H and O–H groups in total. The Balaban J connectivity index is 1.99. The molecule has 0 atom stereocenters. The first-order chi connectivity index (χ1) is 28.0. The van der Waals surface area contributed by atoms with Gasteiger partial charge in [0, 0.05) is 25.4 Å². The van der Waals surface area contributed by atoms with E-state index in [1.807, 2.05) is 0 Å². The fraction of sp³-hybridized carbons (Fsp3) is 0.882. The van der Waals surface area contributed by atoms with Crippen LogP contribution in [-0.2, 0) is 49.2 Å². The fourth-order valence-corrected chi connectivity index (χ4v) is 11.5. The summed E-state index contributed by atoms with van der Waals surface area (Å²) in [6.45, 7) is 55.0. The molecule has 1 aromatic rings. The normalized spacial score (nSPS) is 16.2. The van der Waals surface area contributed by atoms with E-state index in [0.29, 0.717) is 59.5 Å². The Hall–Kier alpha value is -0.706. The van der Waals surface area contributed by atoms with Crippen molar-refractivity contribution < 1.29 is 42.6 Å². The van der Waals surface area contributed by atoms with Crippen LogP contribution in [0, 0.1) is 0 Å². The van der Waals surface area contributed by atoms with Gasteiger partial charge in [-0.25, -0.2) is 0 Å². The third kappa shape index (κ3) is 18.2. The first kappa shape index (κ1) is 57.4. The Kier molecular flexibility index (Phi) is 20.7. The highest BCUT2D eigenvalue weighted by atomic mass is 28.3. The maximum atomic E-state index is 6.65. The highest BCUT2D eigenvalue weighted by Crippen LogP contribution is 2.45. The molecule has 0 aromatic heterocycles. The van der Waals surface area contributed by atoms with Crippen LogP contribution in [-0.4, -0.2) is 108 Å². The molecule has 364 valence electrons. The summed E-state index contributed by atoms with van der Waals surface area (Å²) < 4.78 is 57.2. The van der Waals surface area contributed by atoms with Gasteiger partial charge in [0.15, 0.2) is 6.29 Å². The molecule has 0 unspecified atom stereocenters. The van der Waals surface area contributed by atoms with Gasteiger partial charge in [-0.3, -0.25) is 0 Å². The Morgan fingerprint density at radius 3 is 1.24 bits per heavy atom. The van der Waals surface area contributed by atoms with Crippen molar-refractivity contribution in [3.63, 3.8) is 0 Å². The van der Waals surface area contributed by atoms with E-state index >= 15 is 0 Å². The van der Waals surface area contributed by atoms with Crippen molar-refractivity contribution in [3.05, 3.63) is 35.4 Å². The molecule has 1 saturated heterocycles. The minimum absolute atomic E-state index is 0.165. The van der Waals surface area contributed by atoms with Crippen LogP contribution >= 0.6 is 0 Å². The van der Waals surface area contributed by atoms with Crippen LogP contribution in [0.1, 0.15) is 168 Å². The zero-order valence-electron chi connectivity index (χ0n) is 44.3. The molecule has 0 radical (unpaired) electrons. The van der Waals surface area contributed by atoms with Crippen molar-refractivity contribution in [1.29, 1.82) is 0 Å². The molecular weight excluding hydrogens is 813 g/mol. The molecule has 0 bridgehead atoms. The van der Waals surface area contributed by atoms with Gasteiger partial charge in [-0.1, -0.05) is 92.0 Å². The lowest BCUT2D eigenvalue weighted by Gasteiger charge is -2.48. The van der Waals surface area contributed by atoms with Gasteiger partial charge in [-0.15, -0.1) is 0 Å². The SMILES string of the molecule is CC(C)(CCOC(COC(C)(C)CCOC(C)(C)[Si](C)(C)C(C)(C)C)COC(C)(C)CCOC(C)(C)[Si](C)(C)C(C)(C)C)OCCC(C)(C)OCc1ccc(C2OCCO2)cc1. The van der Waals surface area contributed by atoms with E-state index in [1.165, 1.54) is 0 Å². The average Bonchev–Trinajstić information content (AvgIpc) is 3.66. The average molecular weight is 912 g/mol. The smallest absolute Gasteiger partial charge is 0.184 e. The highest BCUT2D eigenvalue weighted by Gasteiger charge is 2.49. The van der Waals surface area contributed by atoms with Gasteiger partial charge in [0.05, 0.1) is 88.6 Å². The van der Waals surface area contributed by atoms with Crippen molar-refractivity contribution in [2.45, 2.75) is 238 Å². The predicted molar refractivity (Wildman–Crippen MR) is 263 cm³/mol. The highest BCUT2D eigenvalue weighted by molar-refractivity contribution is 6.83.